The molecule has 4 aromatic rings. The van der Waals surface area contributed by atoms with Gasteiger partial charge in [-0.15, -0.1) is 10.2 Å². The second-order valence-corrected chi connectivity index (χ2v) is 8.96. The van der Waals surface area contributed by atoms with Gasteiger partial charge in [0.2, 0.25) is 0 Å². The summed E-state index contributed by atoms with van der Waals surface area (Å²) in [5.41, 5.74) is 4.03. The third kappa shape index (κ3) is 4.69. The molecule has 162 valence electrons. The molecule has 32 heavy (non-hydrogen) atoms. The molecule has 0 aliphatic rings. The van der Waals surface area contributed by atoms with Crippen LogP contribution in [0.15, 0.2) is 78.0 Å². The fraction of sp³-hybridized carbons (Fsp3) is 0.167. The minimum Gasteiger partial charge on any atom is -0.270 e. The number of thioether (sulfide) groups is 1. The molecule has 1 heterocycles. The number of aromatic nitrogens is 3. The molecule has 0 atom stereocenters. The average Bonchev–Trinajstić information content (AvgIpc) is 3.22. The van der Waals surface area contributed by atoms with Crippen LogP contribution in [0.4, 0.5) is 5.69 Å². The zero-order valence-corrected chi connectivity index (χ0v) is 19.2. The molecule has 0 aliphatic heterocycles. The number of rotatable bonds is 7. The molecule has 0 amide bonds. The van der Waals surface area contributed by atoms with E-state index in [0.717, 1.165) is 27.8 Å². The highest BCUT2D eigenvalue weighted by Gasteiger charge is 2.19. The van der Waals surface area contributed by atoms with Crippen LogP contribution in [0.25, 0.3) is 17.1 Å². The number of hydrogen-bond donors (Lipinski definition) is 0. The summed E-state index contributed by atoms with van der Waals surface area (Å²) in [6, 6.07) is 22.4. The number of benzene rings is 3. The Morgan fingerprint density at radius 2 is 1.78 bits per heavy atom. The monoisotopic (exact) mass is 464 g/mol. The molecular formula is C24H21ClN4O2S. The van der Waals surface area contributed by atoms with Crippen molar-refractivity contribution < 1.29 is 4.92 Å². The van der Waals surface area contributed by atoms with Gasteiger partial charge < -0.3 is 0 Å². The average molecular weight is 465 g/mol. The van der Waals surface area contributed by atoms with Crippen molar-refractivity contribution in [3.05, 3.63) is 99.1 Å². The molecule has 1 aromatic heterocycles. The second kappa shape index (κ2) is 9.54. The van der Waals surface area contributed by atoms with E-state index in [4.69, 9.17) is 11.6 Å². The van der Waals surface area contributed by atoms with Crippen LogP contribution in [-0.2, 0) is 5.75 Å². The number of para-hydroxylation sites is 1. The van der Waals surface area contributed by atoms with Crippen molar-refractivity contribution in [3.8, 4) is 17.1 Å². The van der Waals surface area contributed by atoms with Gasteiger partial charge in [0.05, 0.1) is 10.6 Å². The Balaban J connectivity index is 1.77. The number of nitrogens with zero attached hydrogens (tertiary/aromatic N) is 4. The topological polar surface area (TPSA) is 73.8 Å². The van der Waals surface area contributed by atoms with Gasteiger partial charge in [0, 0.05) is 28.5 Å². The first-order valence-corrected chi connectivity index (χ1v) is 11.5. The molecule has 0 unspecified atom stereocenters. The van der Waals surface area contributed by atoms with Crippen molar-refractivity contribution >= 4 is 29.1 Å². The summed E-state index contributed by atoms with van der Waals surface area (Å²) in [7, 11) is 0. The first-order valence-electron chi connectivity index (χ1n) is 10.1. The summed E-state index contributed by atoms with van der Waals surface area (Å²) >= 11 is 7.58. The van der Waals surface area contributed by atoms with Gasteiger partial charge in [-0.25, -0.2) is 0 Å². The summed E-state index contributed by atoms with van der Waals surface area (Å²) in [4.78, 5) is 10.7. The van der Waals surface area contributed by atoms with E-state index >= 15 is 0 Å². The van der Waals surface area contributed by atoms with Crippen LogP contribution in [0.2, 0.25) is 5.02 Å². The molecule has 0 aliphatic carbocycles. The number of hydrogen-bond acceptors (Lipinski definition) is 5. The lowest BCUT2D eigenvalue weighted by atomic mass is 10.0. The largest absolute Gasteiger partial charge is 0.270 e. The first-order chi connectivity index (χ1) is 15.4. The van der Waals surface area contributed by atoms with Crippen molar-refractivity contribution in [2.45, 2.75) is 30.7 Å². The third-order valence-corrected chi connectivity index (χ3v) is 6.28. The van der Waals surface area contributed by atoms with Crippen LogP contribution in [0, 0.1) is 10.1 Å². The highest BCUT2D eigenvalue weighted by molar-refractivity contribution is 7.98. The van der Waals surface area contributed by atoms with E-state index in [1.54, 1.807) is 12.1 Å². The lowest BCUT2D eigenvalue weighted by Crippen LogP contribution is -2.05. The van der Waals surface area contributed by atoms with Crippen LogP contribution in [-0.4, -0.2) is 19.7 Å². The fourth-order valence-electron chi connectivity index (χ4n) is 3.45. The Hall–Kier alpha value is -3.16. The van der Waals surface area contributed by atoms with Crippen LogP contribution in [0.5, 0.6) is 0 Å². The molecule has 6 nitrogen and oxygen atoms in total. The van der Waals surface area contributed by atoms with Crippen LogP contribution < -0.4 is 0 Å². The van der Waals surface area contributed by atoms with Gasteiger partial charge >= 0.3 is 0 Å². The van der Waals surface area contributed by atoms with E-state index in [-0.39, 0.29) is 10.6 Å². The Morgan fingerprint density at radius 1 is 1.03 bits per heavy atom. The molecule has 0 radical (unpaired) electrons. The minimum absolute atomic E-state index is 0.0802. The van der Waals surface area contributed by atoms with Gasteiger partial charge in [-0.05, 0) is 47.4 Å². The van der Waals surface area contributed by atoms with Gasteiger partial charge in [0.15, 0.2) is 11.0 Å². The molecule has 8 heteroatoms. The van der Waals surface area contributed by atoms with Gasteiger partial charge in [-0.2, -0.15) is 0 Å². The summed E-state index contributed by atoms with van der Waals surface area (Å²) < 4.78 is 2.06. The van der Waals surface area contributed by atoms with Crippen LogP contribution in [0.3, 0.4) is 0 Å². The van der Waals surface area contributed by atoms with Gasteiger partial charge in [-0.3, -0.25) is 14.7 Å². The molecular weight excluding hydrogens is 444 g/mol. The molecule has 0 saturated heterocycles. The zero-order valence-electron chi connectivity index (χ0n) is 17.6. The maximum absolute atomic E-state index is 11.1. The fourth-order valence-corrected chi connectivity index (χ4v) is 4.47. The number of nitro groups is 1. The van der Waals surface area contributed by atoms with E-state index < -0.39 is 0 Å². The lowest BCUT2D eigenvalue weighted by molar-refractivity contribution is -0.384. The van der Waals surface area contributed by atoms with Crippen molar-refractivity contribution in [1.82, 2.24) is 14.8 Å². The summed E-state index contributed by atoms with van der Waals surface area (Å²) in [6.07, 6.45) is 0. The van der Waals surface area contributed by atoms with E-state index in [9.17, 15) is 10.1 Å². The van der Waals surface area contributed by atoms with Gasteiger partial charge in [-0.1, -0.05) is 67.5 Å². The number of non-ortho nitro benzene ring substituents is 1. The van der Waals surface area contributed by atoms with E-state index in [2.05, 4.69) is 40.7 Å². The standard InChI is InChI=1S/C24H21ClN4O2S/c1-16(2)21-8-3-4-9-22(21)28-23(18-10-12-19(25)13-11-18)26-27-24(28)32-15-17-6-5-7-20(14-17)29(30)31/h3-14,16H,15H2,1-2H3. The summed E-state index contributed by atoms with van der Waals surface area (Å²) in [6.45, 7) is 4.31. The summed E-state index contributed by atoms with van der Waals surface area (Å²) in [5.74, 6) is 1.56. The molecule has 3 aromatic carbocycles. The second-order valence-electron chi connectivity index (χ2n) is 7.58. The van der Waals surface area contributed by atoms with Crippen molar-refractivity contribution in [3.63, 3.8) is 0 Å². The highest BCUT2D eigenvalue weighted by Crippen LogP contribution is 2.33. The maximum atomic E-state index is 11.1. The van der Waals surface area contributed by atoms with Gasteiger partial charge in [0.25, 0.3) is 5.69 Å². The summed E-state index contributed by atoms with van der Waals surface area (Å²) in [5, 5.41) is 21.5. The first kappa shape index (κ1) is 22.0. The zero-order chi connectivity index (χ0) is 22.7. The number of halogens is 1. The molecule has 0 N–H and O–H groups in total. The SMILES string of the molecule is CC(C)c1ccccc1-n1c(SCc2cccc([N+](=O)[O-])c2)nnc1-c1ccc(Cl)cc1. The van der Waals surface area contributed by atoms with Crippen molar-refractivity contribution in [2.24, 2.45) is 0 Å². The lowest BCUT2D eigenvalue weighted by Gasteiger charge is -2.17. The predicted molar refractivity (Wildman–Crippen MR) is 129 cm³/mol. The third-order valence-electron chi connectivity index (χ3n) is 5.02. The molecule has 0 bridgehead atoms. The predicted octanol–water partition coefficient (Wildman–Crippen LogP) is 6.91. The quantitative estimate of drug-likeness (QED) is 0.169. The van der Waals surface area contributed by atoms with E-state index in [0.29, 0.717) is 16.7 Å². The Morgan fingerprint density at radius 3 is 2.50 bits per heavy atom. The van der Waals surface area contributed by atoms with Gasteiger partial charge in [0.1, 0.15) is 0 Å². The highest BCUT2D eigenvalue weighted by atomic mass is 35.5. The Bertz CT molecular complexity index is 1260. The molecule has 0 saturated carbocycles. The van der Waals surface area contributed by atoms with E-state index in [1.165, 1.54) is 23.4 Å². The van der Waals surface area contributed by atoms with Crippen LogP contribution >= 0.6 is 23.4 Å². The van der Waals surface area contributed by atoms with Crippen molar-refractivity contribution in [1.29, 1.82) is 0 Å². The molecule has 0 spiro atoms. The Labute approximate surface area is 195 Å². The molecule has 0 fully saturated rings. The van der Waals surface area contributed by atoms with E-state index in [1.807, 2.05) is 42.5 Å². The maximum Gasteiger partial charge on any atom is 0.269 e. The van der Waals surface area contributed by atoms with Crippen LogP contribution in [0.1, 0.15) is 30.9 Å². The van der Waals surface area contributed by atoms with Crippen molar-refractivity contribution in [2.75, 3.05) is 0 Å². The normalized spacial score (nSPS) is 11.1. The molecule has 4 rings (SSSR count). The smallest absolute Gasteiger partial charge is 0.269 e. The minimum atomic E-state index is -0.381. The number of nitro benzene ring substituents is 1. The Kier molecular flexibility index (Phi) is 6.58.